The van der Waals surface area contributed by atoms with E-state index in [0.717, 1.165) is 12.0 Å². The quantitative estimate of drug-likeness (QED) is 0.322. The summed E-state index contributed by atoms with van der Waals surface area (Å²) < 4.78 is 5.58. The topological polar surface area (TPSA) is 100.0 Å². The van der Waals surface area contributed by atoms with Crippen LogP contribution in [0.25, 0.3) is 5.76 Å². The van der Waals surface area contributed by atoms with Gasteiger partial charge in [-0.2, -0.15) is 0 Å². The van der Waals surface area contributed by atoms with Gasteiger partial charge in [0.1, 0.15) is 17.3 Å². The summed E-state index contributed by atoms with van der Waals surface area (Å²) in [6.07, 6.45) is 4.12. The normalized spacial score (nSPS) is 17.4. The van der Waals surface area contributed by atoms with Gasteiger partial charge in [-0.25, -0.2) is 0 Å². The van der Waals surface area contributed by atoms with Crippen molar-refractivity contribution in [1.82, 2.24) is 9.88 Å². The van der Waals surface area contributed by atoms with Crippen LogP contribution in [0.4, 0.5) is 0 Å². The molecule has 0 unspecified atom stereocenters. The third-order valence-electron chi connectivity index (χ3n) is 5.43. The first-order valence-electron chi connectivity index (χ1n) is 10.7. The molecular formula is C26H24N2O5. The molecule has 2 aromatic carbocycles. The average Bonchev–Trinajstić information content (AvgIpc) is 3.08. The van der Waals surface area contributed by atoms with Crippen LogP contribution in [0.1, 0.15) is 36.1 Å². The second kappa shape index (κ2) is 9.56. The van der Waals surface area contributed by atoms with Crippen LogP contribution in [0.15, 0.2) is 78.6 Å². The number of ether oxygens (including phenoxy) is 1. The number of nitrogens with zero attached hydrogens (tertiary/aromatic N) is 2. The molecule has 0 spiro atoms. The fourth-order valence-corrected chi connectivity index (χ4v) is 3.82. The van der Waals surface area contributed by atoms with Crippen LogP contribution < -0.4 is 4.74 Å². The van der Waals surface area contributed by atoms with Crippen molar-refractivity contribution in [2.45, 2.75) is 25.9 Å². The van der Waals surface area contributed by atoms with Crippen molar-refractivity contribution in [2.24, 2.45) is 0 Å². The number of hydrogen-bond donors (Lipinski definition) is 2. The van der Waals surface area contributed by atoms with Crippen LogP contribution in [-0.4, -0.2) is 38.4 Å². The van der Waals surface area contributed by atoms with Crippen molar-refractivity contribution in [1.29, 1.82) is 0 Å². The average molecular weight is 444 g/mol. The molecule has 4 rings (SSSR count). The number of aliphatic hydroxyl groups is 1. The highest BCUT2D eigenvalue weighted by Gasteiger charge is 2.46. The van der Waals surface area contributed by atoms with Gasteiger partial charge in [0.25, 0.3) is 11.7 Å². The summed E-state index contributed by atoms with van der Waals surface area (Å²) in [4.78, 5) is 31.6. The first-order valence-corrected chi connectivity index (χ1v) is 10.7. The lowest BCUT2D eigenvalue weighted by Crippen LogP contribution is -2.29. The number of carbonyl (C=O) groups excluding carboxylic acids is 2. The minimum atomic E-state index is -0.818. The number of amides is 1. The molecule has 1 fully saturated rings. The molecule has 1 aliphatic heterocycles. The minimum Gasteiger partial charge on any atom is -0.508 e. The first-order chi connectivity index (χ1) is 16.0. The Morgan fingerprint density at radius 2 is 1.79 bits per heavy atom. The van der Waals surface area contributed by atoms with Gasteiger partial charge in [-0.3, -0.25) is 14.6 Å². The molecule has 33 heavy (non-hydrogen) atoms. The molecule has 3 aromatic rings. The van der Waals surface area contributed by atoms with Crippen molar-refractivity contribution in [3.05, 3.63) is 95.3 Å². The van der Waals surface area contributed by atoms with Crippen LogP contribution in [-0.2, 0) is 16.1 Å². The number of aliphatic hydroxyl groups excluding tert-OH is 1. The summed E-state index contributed by atoms with van der Waals surface area (Å²) in [5, 5.41) is 20.8. The lowest BCUT2D eigenvalue weighted by molar-refractivity contribution is -0.140. The second-order valence-electron chi connectivity index (χ2n) is 7.75. The number of aromatic nitrogens is 1. The number of phenols is 1. The fourth-order valence-electron chi connectivity index (χ4n) is 3.82. The Bertz CT molecular complexity index is 1170. The van der Waals surface area contributed by atoms with Crippen LogP contribution in [0.2, 0.25) is 0 Å². The molecule has 1 saturated heterocycles. The minimum absolute atomic E-state index is 0.00296. The van der Waals surface area contributed by atoms with Gasteiger partial charge in [0.05, 0.1) is 18.2 Å². The predicted octanol–water partition coefficient (Wildman–Crippen LogP) is 4.20. The first kappa shape index (κ1) is 22.1. The van der Waals surface area contributed by atoms with Gasteiger partial charge < -0.3 is 19.8 Å². The molecule has 168 valence electrons. The maximum absolute atomic E-state index is 13.1. The third kappa shape index (κ3) is 4.57. The molecule has 1 aliphatic rings. The van der Waals surface area contributed by atoms with E-state index < -0.39 is 17.7 Å². The van der Waals surface area contributed by atoms with Crippen molar-refractivity contribution < 1.29 is 24.5 Å². The van der Waals surface area contributed by atoms with E-state index in [0.29, 0.717) is 23.5 Å². The smallest absolute Gasteiger partial charge is 0.295 e. The molecule has 0 aliphatic carbocycles. The lowest BCUT2D eigenvalue weighted by Gasteiger charge is -2.25. The molecule has 0 saturated carbocycles. The Morgan fingerprint density at radius 1 is 1.06 bits per heavy atom. The zero-order valence-corrected chi connectivity index (χ0v) is 18.1. The number of pyridine rings is 1. The zero-order valence-electron chi connectivity index (χ0n) is 18.1. The van der Waals surface area contributed by atoms with Gasteiger partial charge in [0, 0.05) is 24.5 Å². The van der Waals surface area contributed by atoms with E-state index >= 15 is 0 Å². The third-order valence-corrected chi connectivity index (χ3v) is 5.43. The maximum Gasteiger partial charge on any atom is 0.295 e. The number of rotatable bonds is 7. The molecular weight excluding hydrogens is 420 g/mol. The standard InChI is InChI=1S/C26H24N2O5/c1-2-14-33-21-11-7-19(8-12-21)24(30)22-23(18-5-9-20(29)10-6-18)28(26(32)25(22)31)16-17-4-3-13-27-15-17/h3-13,15,23,29-30H,2,14,16H2,1H3/t23-/m0/s1. The molecule has 1 amide bonds. The number of phenolic OH excluding ortho intramolecular Hbond substituents is 1. The van der Waals surface area contributed by atoms with E-state index in [1.165, 1.54) is 17.0 Å². The number of benzene rings is 2. The molecule has 0 radical (unpaired) electrons. The number of hydrogen-bond acceptors (Lipinski definition) is 6. The van der Waals surface area contributed by atoms with Gasteiger partial charge in [-0.15, -0.1) is 0 Å². The molecule has 0 bridgehead atoms. The Labute approximate surface area is 191 Å². The van der Waals surface area contributed by atoms with E-state index in [4.69, 9.17) is 4.74 Å². The van der Waals surface area contributed by atoms with Gasteiger partial charge in [0.15, 0.2) is 0 Å². The number of aromatic hydroxyl groups is 1. The van der Waals surface area contributed by atoms with E-state index in [1.54, 1.807) is 54.9 Å². The largest absolute Gasteiger partial charge is 0.508 e. The number of ketones is 1. The SMILES string of the molecule is CCCOc1ccc(C(O)=C2C(=O)C(=O)N(Cc3cccnc3)[C@H]2c2ccc(O)cc2)cc1. The van der Waals surface area contributed by atoms with E-state index in [9.17, 15) is 19.8 Å². The van der Waals surface area contributed by atoms with Gasteiger partial charge in [-0.05, 0) is 60.0 Å². The summed E-state index contributed by atoms with van der Waals surface area (Å²) in [5.74, 6) is -1.02. The molecule has 2 N–H and O–H groups in total. The van der Waals surface area contributed by atoms with E-state index in [2.05, 4.69) is 4.98 Å². The lowest BCUT2D eigenvalue weighted by atomic mass is 9.95. The number of likely N-dealkylation sites (tertiary alicyclic amines) is 1. The Hall–Kier alpha value is -4.13. The Balaban J connectivity index is 1.78. The summed E-state index contributed by atoms with van der Waals surface area (Å²) >= 11 is 0. The summed E-state index contributed by atoms with van der Waals surface area (Å²) in [5.41, 5.74) is 1.75. The Morgan fingerprint density at radius 3 is 2.42 bits per heavy atom. The summed E-state index contributed by atoms with van der Waals surface area (Å²) in [7, 11) is 0. The monoisotopic (exact) mass is 444 g/mol. The van der Waals surface area contributed by atoms with Crippen LogP contribution in [0.5, 0.6) is 11.5 Å². The van der Waals surface area contributed by atoms with Crippen LogP contribution in [0, 0.1) is 0 Å². The van der Waals surface area contributed by atoms with Crippen molar-refractivity contribution in [3.8, 4) is 11.5 Å². The van der Waals surface area contributed by atoms with Gasteiger partial charge in [0.2, 0.25) is 0 Å². The highest BCUT2D eigenvalue weighted by Crippen LogP contribution is 2.40. The van der Waals surface area contributed by atoms with Crippen molar-refractivity contribution >= 4 is 17.4 Å². The predicted molar refractivity (Wildman–Crippen MR) is 122 cm³/mol. The maximum atomic E-state index is 13.1. The van der Waals surface area contributed by atoms with Crippen LogP contribution >= 0.6 is 0 Å². The Kier molecular flexibility index (Phi) is 6.40. The fraction of sp³-hybridized carbons (Fsp3) is 0.192. The highest BCUT2D eigenvalue weighted by molar-refractivity contribution is 6.46. The molecule has 7 nitrogen and oxygen atoms in total. The van der Waals surface area contributed by atoms with E-state index in [-0.39, 0.29) is 23.6 Å². The van der Waals surface area contributed by atoms with Crippen molar-refractivity contribution in [3.63, 3.8) is 0 Å². The van der Waals surface area contributed by atoms with Gasteiger partial charge >= 0.3 is 0 Å². The zero-order chi connectivity index (χ0) is 23.4. The molecule has 2 heterocycles. The molecule has 1 atom stereocenters. The number of Topliss-reactive ketones (excluding diaryl/α,β-unsaturated/α-hetero) is 1. The van der Waals surface area contributed by atoms with Gasteiger partial charge in [-0.1, -0.05) is 25.1 Å². The molecule has 1 aromatic heterocycles. The van der Waals surface area contributed by atoms with Crippen molar-refractivity contribution in [2.75, 3.05) is 6.61 Å². The summed E-state index contributed by atoms with van der Waals surface area (Å²) in [6.45, 7) is 2.73. The number of carbonyl (C=O) groups is 2. The highest BCUT2D eigenvalue weighted by atomic mass is 16.5. The van der Waals surface area contributed by atoms with Crippen LogP contribution in [0.3, 0.4) is 0 Å². The molecule has 7 heteroatoms. The van der Waals surface area contributed by atoms with E-state index in [1.807, 2.05) is 13.0 Å². The summed E-state index contributed by atoms with van der Waals surface area (Å²) in [6, 6.07) is 15.7. The second-order valence-corrected chi connectivity index (χ2v) is 7.75.